The molecule has 0 saturated carbocycles. The zero-order valence-electron chi connectivity index (χ0n) is 13.8. The smallest absolute Gasteiger partial charge is 0.258 e. The molecule has 0 bridgehead atoms. The highest BCUT2D eigenvalue weighted by Crippen LogP contribution is 2.39. The SMILES string of the molecule is COC1(c2cc3c(N)ncnc3n(C)c2=O)CCS(=O)(=O)C(C)C1. The fourth-order valence-electron chi connectivity index (χ4n) is 3.36. The minimum Gasteiger partial charge on any atom is -0.383 e. The van der Waals surface area contributed by atoms with Gasteiger partial charge in [0, 0.05) is 14.2 Å². The van der Waals surface area contributed by atoms with Crippen molar-refractivity contribution >= 4 is 26.7 Å². The molecule has 0 radical (unpaired) electrons. The summed E-state index contributed by atoms with van der Waals surface area (Å²) in [6.45, 7) is 1.64. The Kier molecular flexibility index (Phi) is 3.88. The normalized spacial score (nSPS) is 26.5. The maximum atomic E-state index is 12.9. The lowest BCUT2D eigenvalue weighted by Gasteiger charge is -2.38. The van der Waals surface area contributed by atoms with Crippen LogP contribution in [-0.2, 0) is 27.2 Å². The zero-order chi connectivity index (χ0) is 17.7. The van der Waals surface area contributed by atoms with Crippen molar-refractivity contribution in [3.05, 3.63) is 28.3 Å². The van der Waals surface area contributed by atoms with Crippen LogP contribution in [0.5, 0.6) is 0 Å². The van der Waals surface area contributed by atoms with E-state index in [2.05, 4.69) is 9.97 Å². The van der Waals surface area contributed by atoms with E-state index < -0.39 is 20.7 Å². The minimum atomic E-state index is -3.16. The average Bonchev–Trinajstić information content (AvgIpc) is 2.54. The quantitative estimate of drug-likeness (QED) is 0.828. The number of nitrogens with two attached hydrogens (primary N) is 1. The van der Waals surface area contributed by atoms with Gasteiger partial charge in [-0.3, -0.25) is 9.36 Å². The Morgan fingerprint density at radius 2 is 2.12 bits per heavy atom. The van der Waals surface area contributed by atoms with Crippen LogP contribution in [0.3, 0.4) is 0 Å². The number of nitrogens with zero attached hydrogens (tertiary/aromatic N) is 3. The molecule has 9 heteroatoms. The molecule has 130 valence electrons. The molecule has 8 nitrogen and oxygen atoms in total. The van der Waals surface area contributed by atoms with Gasteiger partial charge in [0.25, 0.3) is 5.56 Å². The molecule has 2 unspecified atom stereocenters. The van der Waals surface area contributed by atoms with E-state index in [0.717, 1.165) is 0 Å². The second-order valence-corrected chi connectivity index (χ2v) is 8.79. The molecule has 0 spiro atoms. The molecule has 2 aromatic heterocycles. The van der Waals surface area contributed by atoms with E-state index in [0.29, 0.717) is 16.6 Å². The van der Waals surface area contributed by atoms with E-state index in [1.165, 1.54) is 18.0 Å². The first-order chi connectivity index (χ1) is 11.2. The predicted molar refractivity (Wildman–Crippen MR) is 90.4 cm³/mol. The van der Waals surface area contributed by atoms with E-state index in [9.17, 15) is 13.2 Å². The van der Waals surface area contributed by atoms with Crippen molar-refractivity contribution in [3.8, 4) is 0 Å². The average molecular weight is 352 g/mol. The third-order valence-corrected chi connectivity index (χ3v) is 7.10. The molecule has 2 aromatic rings. The second kappa shape index (κ2) is 5.52. The molecule has 2 atom stereocenters. The van der Waals surface area contributed by atoms with E-state index >= 15 is 0 Å². The van der Waals surface area contributed by atoms with Gasteiger partial charge in [-0.15, -0.1) is 0 Å². The third kappa shape index (κ3) is 2.39. The summed E-state index contributed by atoms with van der Waals surface area (Å²) in [5, 5.41) is -0.0388. The molecule has 1 aliphatic rings. The summed E-state index contributed by atoms with van der Waals surface area (Å²) < 4.78 is 31.2. The van der Waals surface area contributed by atoms with Gasteiger partial charge in [0.05, 0.1) is 22.0 Å². The van der Waals surface area contributed by atoms with Crippen LogP contribution >= 0.6 is 0 Å². The standard InChI is InChI=1S/C15H20N4O4S/c1-9-7-15(23-3,4-5-24(9,21)22)11-6-10-12(16)17-8-18-13(10)19(2)14(11)20/h6,8-9H,4-5,7H2,1-3H3,(H2,16,17,18). The van der Waals surface area contributed by atoms with Crippen LogP contribution in [-0.4, -0.2) is 41.1 Å². The number of ether oxygens (including phenoxy) is 1. The summed E-state index contributed by atoms with van der Waals surface area (Å²) in [6.07, 6.45) is 1.75. The minimum absolute atomic E-state index is 0.0238. The summed E-state index contributed by atoms with van der Waals surface area (Å²) in [5.41, 5.74) is 5.52. The lowest BCUT2D eigenvalue weighted by molar-refractivity contribution is -0.0296. The Hall–Kier alpha value is -2.00. The molecule has 2 N–H and O–H groups in total. The molecule has 1 fully saturated rings. The summed E-state index contributed by atoms with van der Waals surface area (Å²) in [4.78, 5) is 20.9. The number of fused-ring (bicyclic) bond motifs is 1. The fraction of sp³-hybridized carbons (Fsp3) is 0.533. The van der Waals surface area contributed by atoms with Gasteiger partial charge in [-0.2, -0.15) is 0 Å². The molecule has 24 heavy (non-hydrogen) atoms. The van der Waals surface area contributed by atoms with E-state index in [1.54, 1.807) is 20.0 Å². The van der Waals surface area contributed by atoms with Crippen molar-refractivity contribution in [1.82, 2.24) is 14.5 Å². The Morgan fingerprint density at radius 3 is 2.75 bits per heavy atom. The molecular weight excluding hydrogens is 332 g/mol. The van der Waals surface area contributed by atoms with Gasteiger partial charge in [0.2, 0.25) is 0 Å². The molecule has 1 saturated heterocycles. The van der Waals surface area contributed by atoms with E-state index in [1.807, 2.05) is 0 Å². The number of aryl methyl sites for hydroxylation is 1. The van der Waals surface area contributed by atoms with Gasteiger partial charge >= 0.3 is 0 Å². The predicted octanol–water partition coefficient (Wildman–Crippen LogP) is 0.349. The molecule has 0 aliphatic carbocycles. The van der Waals surface area contributed by atoms with Crippen molar-refractivity contribution in [1.29, 1.82) is 0 Å². The van der Waals surface area contributed by atoms with Crippen molar-refractivity contribution in [2.24, 2.45) is 7.05 Å². The van der Waals surface area contributed by atoms with Gasteiger partial charge < -0.3 is 10.5 Å². The largest absolute Gasteiger partial charge is 0.383 e. The monoisotopic (exact) mass is 352 g/mol. The van der Waals surface area contributed by atoms with Crippen LogP contribution in [0.15, 0.2) is 17.2 Å². The van der Waals surface area contributed by atoms with Gasteiger partial charge in [-0.1, -0.05) is 0 Å². The highest BCUT2D eigenvalue weighted by Gasteiger charge is 2.45. The molecule has 1 aliphatic heterocycles. The zero-order valence-corrected chi connectivity index (χ0v) is 14.6. The summed E-state index contributed by atoms with van der Waals surface area (Å²) in [7, 11) is -0.0592. The Bertz CT molecular complexity index is 969. The fourth-order valence-corrected chi connectivity index (χ4v) is 4.90. The number of anilines is 1. The number of hydrogen-bond acceptors (Lipinski definition) is 7. The van der Waals surface area contributed by atoms with Crippen LogP contribution in [0.4, 0.5) is 5.82 Å². The van der Waals surface area contributed by atoms with Crippen molar-refractivity contribution in [2.45, 2.75) is 30.6 Å². The summed E-state index contributed by atoms with van der Waals surface area (Å²) in [5.74, 6) is 0.240. The van der Waals surface area contributed by atoms with Crippen LogP contribution < -0.4 is 11.3 Å². The Balaban J connectivity index is 2.26. The first kappa shape index (κ1) is 16.8. The number of sulfone groups is 1. The lowest BCUT2D eigenvalue weighted by atomic mass is 9.86. The van der Waals surface area contributed by atoms with Gasteiger partial charge in [-0.05, 0) is 25.8 Å². The third-order valence-electron chi connectivity index (χ3n) is 4.94. The highest BCUT2D eigenvalue weighted by atomic mass is 32.2. The summed E-state index contributed by atoms with van der Waals surface area (Å²) in [6, 6.07) is 1.64. The maximum absolute atomic E-state index is 12.9. The lowest BCUT2D eigenvalue weighted by Crippen LogP contribution is -2.46. The number of hydrogen-bond donors (Lipinski definition) is 1. The number of aromatic nitrogens is 3. The van der Waals surface area contributed by atoms with Crippen molar-refractivity contribution in [2.75, 3.05) is 18.6 Å². The van der Waals surface area contributed by atoms with Crippen molar-refractivity contribution in [3.63, 3.8) is 0 Å². The van der Waals surface area contributed by atoms with E-state index in [-0.39, 0.29) is 30.0 Å². The number of rotatable bonds is 2. The van der Waals surface area contributed by atoms with Gasteiger partial charge in [0.1, 0.15) is 23.4 Å². The first-order valence-corrected chi connectivity index (χ1v) is 9.31. The Morgan fingerprint density at radius 1 is 1.42 bits per heavy atom. The molecule has 0 aromatic carbocycles. The number of pyridine rings is 1. The van der Waals surface area contributed by atoms with Crippen LogP contribution in [0.25, 0.3) is 11.0 Å². The van der Waals surface area contributed by atoms with Gasteiger partial charge in [-0.25, -0.2) is 18.4 Å². The van der Waals surface area contributed by atoms with Crippen molar-refractivity contribution < 1.29 is 13.2 Å². The number of nitrogen functional groups attached to an aromatic ring is 1. The van der Waals surface area contributed by atoms with E-state index in [4.69, 9.17) is 10.5 Å². The molecular formula is C15H20N4O4S. The topological polar surface area (TPSA) is 117 Å². The molecule has 3 rings (SSSR count). The Labute approximate surface area is 139 Å². The summed E-state index contributed by atoms with van der Waals surface area (Å²) >= 11 is 0. The first-order valence-electron chi connectivity index (χ1n) is 7.59. The van der Waals surface area contributed by atoms with Crippen LogP contribution in [0.1, 0.15) is 25.3 Å². The van der Waals surface area contributed by atoms with Crippen LogP contribution in [0, 0.1) is 0 Å². The molecule has 3 heterocycles. The van der Waals surface area contributed by atoms with Gasteiger partial charge in [0.15, 0.2) is 9.84 Å². The highest BCUT2D eigenvalue weighted by molar-refractivity contribution is 7.92. The molecule has 0 amide bonds. The second-order valence-electron chi connectivity index (χ2n) is 6.25. The number of methoxy groups -OCH3 is 1. The maximum Gasteiger partial charge on any atom is 0.258 e. The van der Waals surface area contributed by atoms with Crippen LogP contribution in [0.2, 0.25) is 0 Å².